The molecule has 114 valence electrons. The van der Waals surface area contributed by atoms with Crippen LogP contribution in [0.2, 0.25) is 0 Å². The molecule has 0 aliphatic heterocycles. The van der Waals surface area contributed by atoms with E-state index < -0.39 is 0 Å². The molecule has 0 radical (unpaired) electrons. The van der Waals surface area contributed by atoms with Crippen LogP contribution in [0.25, 0.3) is 0 Å². The molecule has 1 aromatic carbocycles. The highest BCUT2D eigenvalue weighted by molar-refractivity contribution is 9.10. The maximum Gasteiger partial charge on any atom is 0.175 e. The van der Waals surface area contributed by atoms with E-state index in [0.29, 0.717) is 18.1 Å². The second-order valence-electron chi connectivity index (χ2n) is 5.10. The minimum absolute atomic E-state index is 0.101. The largest absolute Gasteiger partial charge is 0.493 e. The molecule has 5 nitrogen and oxygen atoms in total. The van der Waals surface area contributed by atoms with Crippen LogP contribution in [-0.2, 0) is 20.1 Å². The summed E-state index contributed by atoms with van der Waals surface area (Å²) in [6.45, 7) is 2.42. The molecule has 0 bridgehead atoms. The Morgan fingerprint density at radius 3 is 2.71 bits per heavy atom. The van der Waals surface area contributed by atoms with E-state index in [1.165, 1.54) is 0 Å². The normalized spacial score (nSPS) is 12.2. The van der Waals surface area contributed by atoms with Crippen molar-refractivity contribution < 1.29 is 9.47 Å². The number of halogens is 1. The maximum absolute atomic E-state index is 5.86. The van der Waals surface area contributed by atoms with Crippen molar-refractivity contribution in [2.75, 3.05) is 7.11 Å². The van der Waals surface area contributed by atoms with Crippen molar-refractivity contribution in [2.45, 2.75) is 26.0 Å². The Bertz CT molecular complexity index is 611. The smallest absolute Gasteiger partial charge is 0.175 e. The third-order valence-corrected chi connectivity index (χ3v) is 3.58. The van der Waals surface area contributed by atoms with E-state index in [-0.39, 0.29) is 6.04 Å². The van der Waals surface area contributed by atoms with Crippen molar-refractivity contribution in [3.8, 4) is 11.5 Å². The van der Waals surface area contributed by atoms with Gasteiger partial charge in [-0.1, -0.05) is 0 Å². The van der Waals surface area contributed by atoms with Crippen LogP contribution < -0.4 is 15.2 Å². The number of hydrogen-bond donors (Lipinski definition) is 1. The third kappa shape index (κ3) is 4.22. The molecule has 1 heterocycles. The number of rotatable bonds is 6. The monoisotopic (exact) mass is 353 g/mol. The fourth-order valence-corrected chi connectivity index (χ4v) is 2.71. The lowest BCUT2D eigenvalue weighted by Crippen LogP contribution is -2.17. The summed E-state index contributed by atoms with van der Waals surface area (Å²) in [6.07, 6.45) is 4.49. The molecule has 1 unspecified atom stereocenters. The lowest BCUT2D eigenvalue weighted by atomic mass is 10.1. The van der Waals surface area contributed by atoms with Crippen LogP contribution in [0.3, 0.4) is 0 Å². The zero-order chi connectivity index (χ0) is 15.4. The molecule has 21 heavy (non-hydrogen) atoms. The third-order valence-electron chi connectivity index (χ3n) is 2.99. The summed E-state index contributed by atoms with van der Waals surface area (Å²) < 4.78 is 13.9. The number of ether oxygens (including phenoxy) is 2. The van der Waals surface area contributed by atoms with Gasteiger partial charge in [0.05, 0.1) is 17.8 Å². The van der Waals surface area contributed by atoms with E-state index in [2.05, 4.69) is 21.0 Å². The molecule has 2 N–H and O–H groups in total. The Kier molecular flexibility index (Phi) is 5.25. The highest BCUT2D eigenvalue weighted by atomic mass is 79.9. The first kappa shape index (κ1) is 15.9. The number of aryl methyl sites for hydroxylation is 1. The molecule has 2 rings (SSSR count). The second kappa shape index (κ2) is 6.95. The summed E-state index contributed by atoms with van der Waals surface area (Å²) in [5, 5.41) is 4.12. The first-order valence-electron chi connectivity index (χ1n) is 6.72. The number of methoxy groups -OCH3 is 1. The summed E-state index contributed by atoms with van der Waals surface area (Å²) >= 11 is 3.54. The lowest BCUT2D eigenvalue weighted by Gasteiger charge is -2.15. The number of hydrogen-bond acceptors (Lipinski definition) is 4. The Hall–Kier alpha value is -1.53. The van der Waals surface area contributed by atoms with Gasteiger partial charge in [0, 0.05) is 24.8 Å². The molecule has 1 aromatic heterocycles. The van der Waals surface area contributed by atoms with Gasteiger partial charge in [0.25, 0.3) is 0 Å². The molecule has 0 amide bonds. The first-order valence-corrected chi connectivity index (χ1v) is 7.51. The zero-order valence-electron chi connectivity index (χ0n) is 12.5. The molecular weight excluding hydrogens is 334 g/mol. The van der Waals surface area contributed by atoms with Crippen molar-refractivity contribution in [2.24, 2.45) is 12.8 Å². The Labute approximate surface area is 133 Å². The van der Waals surface area contributed by atoms with Gasteiger partial charge in [-0.25, -0.2) is 0 Å². The zero-order valence-corrected chi connectivity index (χ0v) is 14.1. The number of nitrogens with zero attached hydrogens (tertiary/aromatic N) is 2. The van der Waals surface area contributed by atoms with Crippen molar-refractivity contribution in [1.29, 1.82) is 0 Å². The SMILES string of the molecule is COc1cc(CC(C)N)cc(Br)c1OCc1cnn(C)c1. The Balaban J connectivity index is 2.18. The van der Waals surface area contributed by atoms with E-state index >= 15 is 0 Å². The van der Waals surface area contributed by atoms with Gasteiger partial charge in [0.1, 0.15) is 6.61 Å². The minimum Gasteiger partial charge on any atom is -0.493 e. The summed E-state index contributed by atoms with van der Waals surface area (Å²) in [4.78, 5) is 0. The molecule has 0 fully saturated rings. The highest BCUT2D eigenvalue weighted by Crippen LogP contribution is 2.37. The summed E-state index contributed by atoms with van der Waals surface area (Å²) in [7, 11) is 3.51. The predicted molar refractivity (Wildman–Crippen MR) is 85.6 cm³/mol. The van der Waals surface area contributed by atoms with Crippen LogP contribution >= 0.6 is 15.9 Å². The van der Waals surface area contributed by atoms with E-state index in [9.17, 15) is 0 Å². The highest BCUT2D eigenvalue weighted by Gasteiger charge is 2.13. The van der Waals surface area contributed by atoms with Crippen LogP contribution in [0.4, 0.5) is 0 Å². The van der Waals surface area contributed by atoms with Crippen molar-refractivity contribution in [3.63, 3.8) is 0 Å². The Morgan fingerprint density at radius 1 is 1.38 bits per heavy atom. The van der Waals surface area contributed by atoms with Crippen LogP contribution in [0.15, 0.2) is 29.0 Å². The first-order chi connectivity index (χ1) is 9.99. The number of nitrogens with two attached hydrogens (primary N) is 1. The Morgan fingerprint density at radius 2 is 2.14 bits per heavy atom. The van der Waals surface area contributed by atoms with E-state index in [1.807, 2.05) is 32.3 Å². The van der Waals surface area contributed by atoms with Crippen molar-refractivity contribution >= 4 is 15.9 Å². The van der Waals surface area contributed by atoms with Gasteiger partial charge in [0.15, 0.2) is 11.5 Å². The fourth-order valence-electron chi connectivity index (χ4n) is 2.10. The fraction of sp³-hybridized carbons (Fsp3) is 0.400. The maximum atomic E-state index is 5.86. The quantitative estimate of drug-likeness (QED) is 0.866. The van der Waals surface area contributed by atoms with E-state index in [4.69, 9.17) is 15.2 Å². The predicted octanol–water partition coefficient (Wildman–Crippen LogP) is 2.66. The van der Waals surface area contributed by atoms with E-state index in [1.54, 1.807) is 18.0 Å². The van der Waals surface area contributed by atoms with Crippen LogP contribution in [0.5, 0.6) is 11.5 Å². The molecule has 0 spiro atoms. The van der Waals surface area contributed by atoms with Gasteiger partial charge in [0.2, 0.25) is 0 Å². The number of aromatic nitrogens is 2. The van der Waals surface area contributed by atoms with Gasteiger partial charge in [-0.15, -0.1) is 0 Å². The molecule has 6 heteroatoms. The van der Waals surface area contributed by atoms with Crippen molar-refractivity contribution in [1.82, 2.24) is 9.78 Å². The molecule has 0 aliphatic carbocycles. The van der Waals surface area contributed by atoms with Crippen LogP contribution in [0, 0.1) is 0 Å². The van der Waals surface area contributed by atoms with Crippen LogP contribution in [-0.4, -0.2) is 22.9 Å². The minimum atomic E-state index is 0.101. The summed E-state index contributed by atoms with van der Waals surface area (Å²) in [6, 6.07) is 4.08. The van der Waals surface area contributed by atoms with Crippen molar-refractivity contribution in [3.05, 3.63) is 40.1 Å². The van der Waals surface area contributed by atoms with Gasteiger partial charge in [-0.05, 0) is 47.0 Å². The molecule has 2 aromatic rings. The number of benzene rings is 1. The lowest BCUT2D eigenvalue weighted by molar-refractivity contribution is 0.282. The topological polar surface area (TPSA) is 62.3 Å². The molecule has 0 saturated heterocycles. The molecular formula is C15H20BrN3O2. The molecule has 1 atom stereocenters. The molecule has 0 aliphatic rings. The molecule has 0 saturated carbocycles. The summed E-state index contributed by atoms with van der Waals surface area (Å²) in [5.41, 5.74) is 7.96. The average molecular weight is 354 g/mol. The summed E-state index contributed by atoms with van der Waals surface area (Å²) in [5.74, 6) is 1.39. The van der Waals surface area contributed by atoms with Gasteiger partial charge in [-0.3, -0.25) is 4.68 Å². The van der Waals surface area contributed by atoms with Gasteiger partial charge < -0.3 is 15.2 Å². The standard InChI is InChI=1S/C15H20BrN3O2/c1-10(17)4-11-5-13(16)15(14(6-11)20-3)21-9-12-7-18-19(2)8-12/h5-8,10H,4,9,17H2,1-3H3. The average Bonchev–Trinajstić information content (AvgIpc) is 2.82. The van der Waals surface area contributed by atoms with Gasteiger partial charge in [-0.2, -0.15) is 5.10 Å². The van der Waals surface area contributed by atoms with Crippen LogP contribution in [0.1, 0.15) is 18.1 Å². The van der Waals surface area contributed by atoms with E-state index in [0.717, 1.165) is 22.0 Å². The van der Waals surface area contributed by atoms with Gasteiger partial charge >= 0.3 is 0 Å². The second-order valence-corrected chi connectivity index (χ2v) is 5.96.